The third-order valence-corrected chi connectivity index (χ3v) is 2.74. The Morgan fingerprint density at radius 1 is 1.50 bits per heavy atom. The molecule has 0 fully saturated rings. The molecule has 0 saturated carbocycles. The van der Waals surface area contributed by atoms with Crippen molar-refractivity contribution in [3.8, 4) is 0 Å². The Bertz CT molecular complexity index is 396. The summed E-state index contributed by atoms with van der Waals surface area (Å²) in [6, 6.07) is 5.61. The first-order valence-corrected chi connectivity index (χ1v) is 4.73. The molecule has 1 heterocycles. The molecule has 0 unspecified atom stereocenters. The van der Waals surface area contributed by atoms with E-state index in [0.717, 1.165) is 17.7 Å². The van der Waals surface area contributed by atoms with E-state index in [2.05, 4.69) is 5.32 Å². The van der Waals surface area contributed by atoms with Crippen molar-refractivity contribution >= 4 is 11.6 Å². The number of aryl methyl sites for hydroxylation is 1. The molecular formula is C11H13NO2. The number of carbonyl (C=O) groups excluding carboxylic acids is 1. The van der Waals surface area contributed by atoms with Crippen LogP contribution in [-0.2, 0) is 16.8 Å². The van der Waals surface area contributed by atoms with Crippen molar-refractivity contribution in [1.29, 1.82) is 0 Å². The van der Waals surface area contributed by atoms with Crippen LogP contribution >= 0.6 is 0 Å². The molecule has 0 aliphatic carbocycles. The lowest BCUT2D eigenvalue weighted by Crippen LogP contribution is -2.30. The third-order valence-electron chi connectivity index (χ3n) is 2.74. The zero-order valence-electron chi connectivity index (χ0n) is 8.29. The fourth-order valence-corrected chi connectivity index (χ4v) is 1.81. The van der Waals surface area contributed by atoms with E-state index in [0.29, 0.717) is 5.56 Å². The Morgan fingerprint density at radius 3 is 2.86 bits per heavy atom. The van der Waals surface area contributed by atoms with E-state index in [-0.39, 0.29) is 5.91 Å². The standard InChI is InChI=1S/C11H13NO2/c1-3-7-5-4-6-8-9(7)12-10(13)11(8,2)14/h4-6,14H,3H2,1-2H3,(H,12,13)/t11-/m1/s1. The largest absolute Gasteiger partial charge is 0.375 e. The number of fused-ring (bicyclic) bond motifs is 1. The molecule has 1 aliphatic rings. The van der Waals surface area contributed by atoms with E-state index in [4.69, 9.17) is 0 Å². The Labute approximate surface area is 82.8 Å². The van der Waals surface area contributed by atoms with Crippen LogP contribution in [-0.4, -0.2) is 11.0 Å². The van der Waals surface area contributed by atoms with Gasteiger partial charge in [0.05, 0.1) is 5.69 Å². The normalized spacial score (nSPS) is 24.6. The molecule has 1 aromatic rings. The zero-order valence-corrected chi connectivity index (χ0v) is 8.29. The summed E-state index contributed by atoms with van der Waals surface area (Å²) in [7, 11) is 0. The van der Waals surface area contributed by atoms with Gasteiger partial charge in [0.1, 0.15) is 0 Å². The molecule has 0 aromatic heterocycles. The van der Waals surface area contributed by atoms with E-state index in [1.54, 1.807) is 6.07 Å². The molecular weight excluding hydrogens is 178 g/mol. The summed E-state index contributed by atoms with van der Waals surface area (Å²) in [5, 5.41) is 12.6. The minimum Gasteiger partial charge on any atom is -0.375 e. The third kappa shape index (κ3) is 1.06. The summed E-state index contributed by atoms with van der Waals surface area (Å²) in [6.07, 6.45) is 0.847. The van der Waals surface area contributed by atoms with E-state index in [1.807, 2.05) is 19.1 Å². The van der Waals surface area contributed by atoms with Gasteiger partial charge in [0.2, 0.25) is 0 Å². The summed E-state index contributed by atoms with van der Waals surface area (Å²) < 4.78 is 0. The number of nitrogens with one attached hydrogen (secondary N) is 1. The van der Waals surface area contributed by atoms with Crippen LogP contribution in [0.5, 0.6) is 0 Å². The van der Waals surface area contributed by atoms with Crippen LogP contribution < -0.4 is 5.32 Å². The number of para-hydroxylation sites is 1. The van der Waals surface area contributed by atoms with E-state index in [9.17, 15) is 9.90 Å². The predicted octanol–water partition coefficient (Wildman–Crippen LogP) is 1.41. The Balaban J connectivity index is 2.63. The van der Waals surface area contributed by atoms with Gasteiger partial charge in [-0.3, -0.25) is 4.79 Å². The van der Waals surface area contributed by atoms with Gasteiger partial charge in [-0.25, -0.2) is 0 Å². The van der Waals surface area contributed by atoms with Gasteiger partial charge in [0.15, 0.2) is 5.60 Å². The van der Waals surface area contributed by atoms with Crippen LogP contribution in [0, 0.1) is 0 Å². The molecule has 1 atom stereocenters. The molecule has 74 valence electrons. The first-order chi connectivity index (χ1) is 6.57. The molecule has 0 bridgehead atoms. The summed E-state index contributed by atoms with van der Waals surface area (Å²) in [6.45, 7) is 3.54. The molecule has 3 nitrogen and oxygen atoms in total. The van der Waals surface area contributed by atoms with Gasteiger partial charge in [-0.2, -0.15) is 0 Å². The fraction of sp³-hybridized carbons (Fsp3) is 0.364. The van der Waals surface area contributed by atoms with Gasteiger partial charge in [-0.15, -0.1) is 0 Å². The monoisotopic (exact) mass is 191 g/mol. The van der Waals surface area contributed by atoms with Crippen molar-refractivity contribution in [3.63, 3.8) is 0 Å². The van der Waals surface area contributed by atoms with Gasteiger partial charge >= 0.3 is 0 Å². The van der Waals surface area contributed by atoms with Crippen molar-refractivity contribution in [2.75, 3.05) is 5.32 Å². The highest BCUT2D eigenvalue weighted by Gasteiger charge is 2.41. The van der Waals surface area contributed by atoms with E-state index in [1.165, 1.54) is 6.92 Å². The highest BCUT2D eigenvalue weighted by Crippen LogP contribution is 2.37. The number of aliphatic hydroxyl groups is 1. The molecule has 2 N–H and O–H groups in total. The highest BCUT2D eigenvalue weighted by atomic mass is 16.3. The molecule has 1 aromatic carbocycles. The van der Waals surface area contributed by atoms with Crippen LogP contribution in [0.25, 0.3) is 0 Å². The molecule has 2 rings (SSSR count). The Morgan fingerprint density at radius 2 is 2.21 bits per heavy atom. The SMILES string of the molecule is CCc1cccc2c1NC(=O)[C@]2(C)O. The lowest BCUT2D eigenvalue weighted by Gasteiger charge is -2.13. The highest BCUT2D eigenvalue weighted by molar-refractivity contribution is 6.05. The number of amides is 1. The minimum atomic E-state index is -1.37. The van der Waals surface area contributed by atoms with Crippen molar-refractivity contribution in [2.45, 2.75) is 25.9 Å². The summed E-state index contributed by atoms with van der Waals surface area (Å²) in [4.78, 5) is 11.5. The summed E-state index contributed by atoms with van der Waals surface area (Å²) in [5.41, 5.74) is 1.15. The molecule has 1 aliphatic heterocycles. The van der Waals surface area contributed by atoms with Gasteiger partial charge in [0.25, 0.3) is 5.91 Å². The quantitative estimate of drug-likeness (QED) is 0.705. The Hall–Kier alpha value is -1.35. The van der Waals surface area contributed by atoms with Gasteiger partial charge < -0.3 is 10.4 Å². The molecule has 14 heavy (non-hydrogen) atoms. The second-order valence-corrected chi connectivity index (χ2v) is 3.72. The maximum atomic E-state index is 11.5. The number of hydrogen-bond donors (Lipinski definition) is 2. The number of carbonyl (C=O) groups is 1. The maximum absolute atomic E-state index is 11.5. The molecule has 0 radical (unpaired) electrons. The van der Waals surface area contributed by atoms with Crippen LogP contribution in [0.1, 0.15) is 25.0 Å². The first kappa shape index (κ1) is 9.21. The van der Waals surface area contributed by atoms with Gasteiger partial charge in [0, 0.05) is 5.56 Å². The minimum absolute atomic E-state index is 0.339. The van der Waals surface area contributed by atoms with Gasteiger partial charge in [-0.05, 0) is 18.9 Å². The first-order valence-electron chi connectivity index (χ1n) is 4.73. The molecule has 0 spiro atoms. The molecule has 0 saturated heterocycles. The predicted molar refractivity (Wildman–Crippen MR) is 54.0 cm³/mol. The van der Waals surface area contributed by atoms with Crippen LogP contribution in [0.3, 0.4) is 0 Å². The zero-order chi connectivity index (χ0) is 10.3. The van der Waals surface area contributed by atoms with Crippen molar-refractivity contribution in [1.82, 2.24) is 0 Å². The average molecular weight is 191 g/mol. The maximum Gasteiger partial charge on any atom is 0.260 e. The average Bonchev–Trinajstić information content (AvgIpc) is 2.39. The van der Waals surface area contributed by atoms with Crippen molar-refractivity contribution < 1.29 is 9.90 Å². The lowest BCUT2D eigenvalue weighted by molar-refractivity contribution is -0.131. The summed E-state index contributed by atoms with van der Waals surface area (Å²) in [5.74, 6) is -0.339. The smallest absolute Gasteiger partial charge is 0.260 e. The number of anilines is 1. The number of benzene rings is 1. The summed E-state index contributed by atoms with van der Waals surface area (Å²) >= 11 is 0. The van der Waals surface area contributed by atoms with Crippen LogP contribution in [0.2, 0.25) is 0 Å². The Kier molecular flexibility index (Phi) is 1.86. The molecule has 1 amide bonds. The van der Waals surface area contributed by atoms with Gasteiger partial charge in [-0.1, -0.05) is 25.1 Å². The van der Waals surface area contributed by atoms with E-state index < -0.39 is 5.60 Å². The van der Waals surface area contributed by atoms with Crippen molar-refractivity contribution in [3.05, 3.63) is 29.3 Å². The van der Waals surface area contributed by atoms with Crippen LogP contribution in [0.15, 0.2) is 18.2 Å². The second-order valence-electron chi connectivity index (χ2n) is 3.72. The van der Waals surface area contributed by atoms with Crippen molar-refractivity contribution in [2.24, 2.45) is 0 Å². The number of rotatable bonds is 1. The van der Waals surface area contributed by atoms with Crippen LogP contribution in [0.4, 0.5) is 5.69 Å². The second kappa shape index (κ2) is 2.82. The topological polar surface area (TPSA) is 49.3 Å². The number of hydrogen-bond acceptors (Lipinski definition) is 2. The van der Waals surface area contributed by atoms with E-state index >= 15 is 0 Å². The lowest BCUT2D eigenvalue weighted by atomic mass is 9.95. The molecule has 3 heteroatoms. The fourth-order valence-electron chi connectivity index (χ4n) is 1.81.